The maximum Gasteiger partial charge on any atom is 0.393 e. The van der Waals surface area contributed by atoms with Gasteiger partial charge in [0.25, 0.3) is 0 Å². The van der Waals surface area contributed by atoms with Crippen LogP contribution in [0.1, 0.15) is 16.9 Å². The maximum absolute atomic E-state index is 13.4. The van der Waals surface area contributed by atoms with Crippen molar-refractivity contribution in [1.82, 2.24) is 14.9 Å². The summed E-state index contributed by atoms with van der Waals surface area (Å²) in [5.74, 6) is 0.508. The molecule has 1 spiro atoms. The molecule has 0 saturated carbocycles. The number of likely N-dealkylation sites (tertiary alicyclic amines) is 1. The van der Waals surface area contributed by atoms with E-state index in [4.69, 9.17) is 0 Å². The van der Waals surface area contributed by atoms with Crippen molar-refractivity contribution in [2.24, 2.45) is 5.41 Å². The average Bonchev–Trinajstić information content (AvgIpc) is 3.23. The summed E-state index contributed by atoms with van der Waals surface area (Å²) in [5, 5.41) is 0.703. The van der Waals surface area contributed by atoms with E-state index in [2.05, 4.69) is 19.8 Å². The van der Waals surface area contributed by atoms with E-state index in [1.54, 1.807) is 18.2 Å². The Hall–Kier alpha value is -2.26. The molecule has 0 bridgehead atoms. The van der Waals surface area contributed by atoms with Crippen molar-refractivity contribution in [2.75, 3.05) is 31.1 Å². The molecule has 30 heavy (non-hydrogen) atoms. The molecule has 4 nitrogen and oxygen atoms in total. The first-order chi connectivity index (χ1) is 14.3. The van der Waals surface area contributed by atoms with E-state index in [0.717, 1.165) is 61.9 Å². The number of nitrogens with zero attached hydrogens (tertiary/aromatic N) is 4. The minimum Gasteiger partial charge on any atom is -0.355 e. The van der Waals surface area contributed by atoms with Gasteiger partial charge < -0.3 is 4.90 Å². The molecule has 0 N–H and O–H groups in total. The topological polar surface area (TPSA) is 32.3 Å². The summed E-state index contributed by atoms with van der Waals surface area (Å²) in [5.41, 5.74) is 1.13. The van der Waals surface area contributed by atoms with Crippen LogP contribution in [0.4, 0.5) is 23.4 Å². The normalized spacial score (nSPS) is 19.0. The SMILES string of the molecule is Fc1cccc(CN2CC3(CCN(c4ncnc5sc(CC(F)(F)F)cc45)C3)C2)c1. The van der Waals surface area contributed by atoms with Gasteiger partial charge in [0.2, 0.25) is 0 Å². The predicted octanol–water partition coefficient (Wildman–Crippen LogP) is 4.65. The fourth-order valence-electron chi connectivity index (χ4n) is 4.71. The molecule has 0 unspecified atom stereocenters. The van der Waals surface area contributed by atoms with Crippen LogP contribution in [0, 0.1) is 11.2 Å². The third kappa shape index (κ3) is 3.88. The molecule has 2 aliphatic rings. The molecule has 0 aliphatic carbocycles. The molecule has 2 aliphatic heterocycles. The van der Waals surface area contributed by atoms with Gasteiger partial charge in [-0.3, -0.25) is 4.90 Å². The van der Waals surface area contributed by atoms with Gasteiger partial charge in [-0.1, -0.05) is 12.1 Å². The number of hydrogen-bond donors (Lipinski definition) is 0. The molecule has 0 radical (unpaired) electrons. The Morgan fingerprint density at radius 2 is 1.93 bits per heavy atom. The second-order valence-electron chi connectivity index (χ2n) is 8.37. The third-order valence-electron chi connectivity index (χ3n) is 5.89. The first kappa shape index (κ1) is 19.7. The standard InChI is InChI=1S/C21H20F4N4S/c22-15-3-1-2-14(6-15)9-28-10-20(11-28)4-5-29(12-20)18-17-7-16(8-21(23,24)25)30-19(17)27-13-26-18/h1-3,6-7,13H,4-5,8-12H2. The van der Waals surface area contributed by atoms with Gasteiger partial charge >= 0.3 is 6.18 Å². The van der Waals surface area contributed by atoms with Gasteiger partial charge in [0.05, 0.1) is 11.8 Å². The quantitative estimate of drug-likeness (QED) is 0.558. The second-order valence-corrected chi connectivity index (χ2v) is 9.48. The van der Waals surface area contributed by atoms with Crippen LogP contribution in [0.25, 0.3) is 10.2 Å². The Labute approximate surface area is 175 Å². The molecule has 158 valence electrons. The number of rotatable bonds is 4. The number of halogens is 4. The van der Waals surface area contributed by atoms with E-state index in [1.165, 1.54) is 12.4 Å². The van der Waals surface area contributed by atoms with Crippen molar-refractivity contribution in [3.8, 4) is 0 Å². The van der Waals surface area contributed by atoms with Crippen LogP contribution in [0.5, 0.6) is 0 Å². The van der Waals surface area contributed by atoms with Crippen molar-refractivity contribution in [3.05, 3.63) is 52.9 Å². The van der Waals surface area contributed by atoms with Crippen molar-refractivity contribution in [3.63, 3.8) is 0 Å². The molecule has 1 aromatic carbocycles. The highest BCUT2D eigenvalue weighted by Gasteiger charge is 2.48. The first-order valence-corrected chi connectivity index (χ1v) is 10.6. The molecule has 2 fully saturated rings. The zero-order valence-electron chi connectivity index (χ0n) is 16.1. The zero-order chi connectivity index (χ0) is 20.9. The van der Waals surface area contributed by atoms with Crippen LogP contribution in [0.15, 0.2) is 36.7 Å². The van der Waals surface area contributed by atoms with E-state index in [9.17, 15) is 17.6 Å². The molecular weight excluding hydrogens is 416 g/mol. The van der Waals surface area contributed by atoms with Gasteiger partial charge in [0.1, 0.15) is 22.8 Å². The van der Waals surface area contributed by atoms with Crippen molar-refractivity contribution < 1.29 is 17.6 Å². The Morgan fingerprint density at radius 1 is 1.10 bits per heavy atom. The van der Waals surface area contributed by atoms with Gasteiger partial charge in [-0.2, -0.15) is 13.2 Å². The van der Waals surface area contributed by atoms with Crippen molar-refractivity contribution in [1.29, 1.82) is 0 Å². The molecule has 4 heterocycles. The summed E-state index contributed by atoms with van der Waals surface area (Å²) in [7, 11) is 0. The average molecular weight is 436 g/mol. The molecule has 3 aromatic rings. The molecule has 9 heteroatoms. The van der Waals surface area contributed by atoms with Crippen LogP contribution < -0.4 is 4.90 Å². The Morgan fingerprint density at radius 3 is 2.70 bits per heavy atom. The Balaban J connectivity index is 1.28. The number of thiophene rings is 1. The van der Waals surface area contributed by atoms with Crippen LogP contribution in [0.3, 0.4) is 0 Å². The van der Waals surface area contributed by atoms with Crippen LogP contribution in [0.2, 0.25) is 0 Å². The van der Waals surface area contributed by atoms with E-state index in [-0.39, 0.29) is 16.1 Å². The van der Waals surface area contributed by atoms with Crippen LogP contribution in [-0.4, -0.2) is 47.2 Å². The Kier molecular flexibility index (Phi) is 4.70. The van der Waals surface area contributed by atoms with Crippen LogP contribution in [-0.2, 0) is 13.0 Å². The van der Waals surface area contributed by atoms with E-state index in [1.807, 2.05) is 6.07 Å². The number of aromatic nitrogens is 2. The monoisotopic (exact) mass is 436 g/mol. The highest BCUT2D eigenvalue weighted by Crippen LogP contribution is 2.43. The third-order valence-corrected chi connectivity index (χ3v) is 6.93. The lowest BCUT2D eigenvalue weighted by Gasteiger charge is -2.48. The molecule has 0 atom stereocenters. The van der Waals surface area contributed by atoms with Gasteiger partial charge in [-0.05, 0) is 30.2 Å². The number of hydrogen-bond acceptors (Lipinski definition) is 5. The van der Waals surface area contributed by atoms with Gasteiger partial charge in [-0.15, -0.1) is 11.3 Å². The van der Waals surface area contributed by atoms with Crippen molar-refractivity contribution >= 4 is 27.4 Å². The molecule has 2 saturated heterocycles. The smallest absolute Gasteiger partial charge is 0.355 e. The van der Waals surface area contributed by atoms with Gasteiger partial charge in [0, 0.05) is 43.0 Å². The van der Waals surface area contributed by atoms with Crippen molar-refractivity contribution in [2.45, 2.75) is 25.6 Å². The fraction of sp³-hybridized carbons (Fsp3) is 0.429. The molecule has 5 rings (SSSR count). The zero-order valence-corrected chi connectivity index (χ0v) is 16.9. The highest BCUT2D eigenvalue weighted by molar-refractivity contribution is 7.18. The maximum atomic E-state index is 13.4. The summed E-state index contributed by atoms with van der Waals surface area (Å²) < 4.78 is 51.7. The molecular formula is C21H20F4N4S. The summed E-state index contributed by atoms with van der Waals surface area (Å²) in [4.78, 5) is 13.9. The predicted molar refractivity (Wildman–Crippen MR) is 108 cm³/mol. The summed E-state index contributed by atoms with van der Waals surface area (Å²) in [6, 6.07) is 8.26. The van der Waals surface area contributed by atoms with Gasteiger partial charge in [0.15, 0.2) is 0 Å². The number of benzene rings is 1. The van der Waals surface area contributed by atoms with E-state index >= 15 is 0 Å². The number of alkyl halides is 3. The van der Waals surface area contributed by atoms with Crippen LogP contribution >= 0.6 is 11.3 Å². The Bertz CT molecular complexity index is 1070. The first-order valence-electron chi connectivity index (χ1n) is 9.81. The minimum atomic E-state index is -4.23. The lowest BCUT2D eigenvalue weighted by Crippen LogP contribution is -2.56. The van der Waals surface area contributed by atoms with E-state index < -0.39 is 12.6 Å². The largest absolute Gasteiger partial charge is 0.393 e. The number of fused-ring (bicyclic) bond motifs is 1. The van der Waals surface area contributed by atoms with Gasteiger partial charge in [-0.25, -0.2) is 14.4 Å². The van der Waals surface area contributed by atoms with E-state index in [0.29, 0.717) is 10.2 Å². The summed E-state index contributed by atoms with van der Waals surface area (Å²) >= 11 is 1.08. The lowest BCUT2D eigenvalue weighted by atomic mass is 9.79. The summed E-state index contributed by atoms with van der Waals surface area (Å²) in [6.45, 7) is 4.23. The lowest BCUT2D eigenvalue weighted by molar-refractivity contribution is -0.126. The minimum absolute atomic E-state index is 0.162. The number of anilines is 1. The molecule has 2 aromatic heterocycles. The molecule has 0 amide bonds. The summed E-state index contributed by atoms with van der Waals surface area (Å²) in [6.07, 6.45) is -2.72. The second kappa shape index (κ2) is 7.16. The highest BCUT2D eigenvalue weighted by atomic mass is 32.1. The fourth-order valence-corrected chi connectivity index (χ4v) is 5.73.